The molecule has 3 atom stereocenters. The molecule has 0 radical (unpaired) electrons. The first-order valence-electron chi connectivity index (χ1n) is 11.4. The second kappa shape index (κ2) is 10.2. The quantitative estimate of drug-likeness (QED) is 0.634. The molecule has 4 rings (SSSR count). The molecule has 2 fully saturated rings. The number of amides is 1. The number of nitrogens with zero attached hydrogens (tertiary/aromatic N) is 3. The van der Waals surface area contributed by atoms with Crippen LogP contribution in [0.15, 0.2) is 36.4 Å². The third-order valence-electron chi connectivity index (χ3n) is 6.56. The van der Waals surface area contributed by atoms with Crippen molar-refractivity contribution in [2.75, 3.05) is 36.4 Å². The van der Waals surface area contributed by atoms with Crippen molar-refractivity contribution < 1.29 is 4.79 Å². The Labute approximate surface area is 205 Å². The lowest BCUT2D eigenvalue weighted by Crippen LogP contribution is -2.57. The highest BCUT2D eigenvalue weighted by molar-refractivity contribution is 6.35. The Morgan fingerprint density at radius 3 is 2.73 bits per heavy atom. The summed E-state index contributed by atoms with van der Waals surface area (Å²) in [5, 5.41) is 17.6. The van der Waals surface area contributed by atoms with Gasteiger partial charge in [-0.15, -0.1) is 0 Å². The van der Waals surface area contributed by atoms with Crippen molar-refractivity contribution in [2.24, 2.45) is 0 Å². The lowest BCUT2D eigenvalue weighted by molar-refractivity contribution is -0.135. The normalized spacial score (nSPS) is 21.5. The number of nitrogens with one attached hydrogen (secondary N) is 2. The van der Waals surface area contributed by atoms with Gasteiger partial charge in [0.1, 0.15) is 6.07 Å². The Morgan fingerprint density at radius 2 is 2.06 bits per heavy atom. The molecule has 0 bridgehead atoms. The lowest BCUT2D eigenvalue weighted by atomic mass is 10.1. The Kier molecular flexibility index (Phi) is 7.33. The molecule has 0 saturated carbocycles. The van der Waals surface area contributed by atoms with Gasteiger partial charge in [-0.05, 0) is 69.1 Å². The van der Waals surface area contributed by atoms with Gasteiger partial charge >= 0.3 is 0 Å². The molecule has 2 heterocycles. The Hall–Kier alpha value is -2.46. The summed E-state index contributed by atoms with van der Waals surface area (Å²) in [4.78, 5) is 17.2. The number of benzene rings is 2. The van der Waals surface area contributed by atoms with Crippen LogP contribution >= 0.6 is 23.2 Å². The van der Waals surface area contributed by atoms with Crippen molar-refractivity contribution in [3.63, 3.8) is 0 Å². The van der Waals surface area contributed by atoms with E-state index in [4.69, 9.17) is 23.2 Å². The van der Waals surface area contributed by atoms with Crippen LogP contribution in [0.25, 0.3) is 0 Å². The Bertz CT molecular complexity index is 1060. The Morgan fingerprint density at radius 1 is 1.24 bits per heavy atom. The predicted molar refractivity (Wildman–Crippen MR) is 134 cm³/mol. The zero-order chi connectivity index (χ0) is 23.5. The molecule has 33 heavy (non-hydrogen) atoms. The number of piperazine rings is 1. The van der Waals surface area contributed by atoms with Gasteiger partial charge in [0, 0.05) is 41.4 Å². The zero-order valence-electron chi connectivity index (χ0n) is 18.9. The largest absolute Gasteiger partial charge is 0.377 e. The molecule has 8 heteroatoms. The minimum absolute atomic E-state index is 0.0362. The maximum absolute atomic E-state index is 12.9. The van der Waals surface area contributed by atoms with Crippen LogP contribution in [0.3, 0.4) is 0 Å². The molecule has 2 saturated heterocycles. The first-order valence-corrected chi connectivity index (χ1v) is 12.2. The fourth-order valence-electron chi connectivity index (χ4n) is 4.72. The Balaban J connectivity index is 1.48. The number of carbonyl (C=O) groups is 1. The summed E-state index contributed by atoms with van der Waals surface area (Å²) in [6.45, 7) is 7.23. The molecule has 0 spiro atoms. The summed E-state index contributed by atoms with van der Waals surface area (Å²) in [6, 6.07) is 13.5. The van der Waals surface area contributed by atoms with Gasteiger partial charge in [-0.1, -0.05) is 29.3 Å². The van der Waals surface area contributed by atoms with Gasteiger partial charge in [0.25, 0.3) is 0 Å². The number of hydrogen-bond acceptors (Lipinski definition) is 5. The third kappa shape index (κ3) is 5.22. The van der Waals surface area contributed by atoms with Gasteiger partial charge in [-0.2, -0.15) is 5.26 Å². The first-order chi connectivity index (χ1) is 15.9. The van der Waals surface area contributed by atoms with E-state index in [1.54, 1.807) is 6.07 Å². The molecular weight excluding hydrogens is 457 g/mol. The fraction of sp³-hybridized carbons (Fsp3) is 0.440. The molecule has 1 unspecified atom stereocenters. The second-order valence-electron chi connectivity index (χ2n) is 8.85. The van der Waals surface area contributed by atoms with Crippen LogP contribution in [-0.4, -0.2) is 49.1 Å². The summed E-state index contributed by atoms with van der Waals surface area (Å²) in [7, 11) is 0. The molecule has 2 aromatic rings. The predicted octanol–water partition coefficient (Wildman–Crippen LogP) is 4.83. The van der Waals surface area contributed by atoms with E-state index in [-0.39, 0.29) is 24.0 Å². The highest BCUT2D eigenvalue weighted by atomic mass is 35.5. The van der Waals surface area contributed by atoms with Gasteiger partial charge in [0.05, 0.1) is 23.3 Å². The number of nitriles is 1. The van der Waals surface area contributed by atoms with Crippen LogP contribution in [0.5, 0.6) is 0 Å². The molecule has 0 aliphatic carbocycles. The monoisotopic (exact) mass is 485 g/mol. The molecule has 1 amide bonds. The topological polar surface area (TPSA) is 71.4 Å². The van der Waals surface area contributed by atoms with Crippen molar-refractivity contribution in [1.82, 2.24) is 10.2 Å². The van der Waals surface area contributed by atoms with Gasteiger partial charge < -0.3 is 20.4 Å². The van der Waals surface area contributed by atoms with Crippen molar-refractivity contribution in [1.29, 1.82) is 5.26 Å². The average molecular weight is 486 g/mol. The SMILES string of the molecule is CC(Nc1cc(N2CCN(C(=O)[C@H]3CCCN3)[C@H](C)C2)ccc1C#N)c1ccc(Cl)cc1Cl. The van der Waals surface area contributed by atoms with Crippen molar-refractivity contribution in [2.45, 2.75) is 44.8 Å². The molecule has 2 N–H and O–H groups in total. The number of carbonyl (C=O) groups excluding carboxylic acids is 1. The maximum atomic E-state index is 12.9. The molecule has 174 valence electrons. The molecular formula is C25H29Cl2N5O. The smallest absolute Gasteiger partial charge is 0.240 e. The van der Waals surface area contributed by atoms with E-state index >= 15 is 0 Å². The highest BCUT2D eigenvalue weighted by Gasteiger charge is 2.33. The minimum Gasteiger partial charge on any atom is -0.377 e. The van der Waals surface area contributed by atoms with Crippen molar-refractivity contribution >= 4 is 40.5 Å². The molecule has 0 aromatic heterocycles. The number of hydrogen-bond donors (Lipinski definition) is 2. The summed E-state index contributed by atoms with van der Waals surface area (Å²) in [5.74, 6) is 0.218. The van der Waals surface area contributed by atoms with Crippen molar-refractivity contribution in [3.8, 4) is 6.07 Å². The summed E-state index contributed by atoms with van der Waals surface area (Å²) in [6.07, 6.45) is 1.98. The molecule has 2 aliphatic rings. The second-order valence-corrected chi connectivity index (χ2v) is 9.69. The highest BCUT2D eigenvalue weighted by Crippen LogP contribution is 2.32. The van der Waals surface area contributed by atoms with E-state index in [0.29, 0.717) is 22.2 Å². The van der Waals surface area contributed by atoms with E-state index in [0.717, 1.165) is 49.4 Å². The van der Waals surface area contributed by atoms with Crippen LogP contribution in [0.1, 0.15) is 43.9 Å². The van der Waals surface area contributed by atoms with Crippen LogP contribution in [0.2, 0.25) is 10.0 Å². The number of rotatable bonds is 5. The summed E-state index contributed by atoms with van der Waals surface area (Å²) >= 11 is 12.4. The van der Waals surface area contributed by atoms with Gasteiger partial charge in [-0.25, -0.2) is 0 Å². The van der Waals surface area contributed by atoms with Gasteiger partial charge in [0.15, 0.2) is 0 Å². The standard InChI is InChI=1S/C25H29Cl2N5O/c1-16-15-31(10-11-32(16)25(33)23-4-3-9-29-23)20-7-5-18(14-28)24(13-20)30-17(2)21-8-6-19(26)12-22(21)27/h5-8,12-13,16-17,23,29-30H,3-4,9-11,15H2,1-2H3/t16-,17?,23-/m1/s1. The molecule has 6 nitrogen and oxygen atoms in total. The maximum Gasteiger partial charge on any atom is 0.240 e. The summed E-state index contributed by atoms with van der Waals surface area (Å²) in [5.41, 5.74) is 3.28. The third-order valence-corrected chi connectivity index (χ3v) is 7.12. The lowest BCUT2D eigenvalue weighted by Gasteiger charge is -2.42. The van der Waals surface area contributed by atoms with E-state index in [2.05, 4.69) is 28.5 Å². The van der Waals surface area contributed by atoms with Crippen LogP contribution < -0.4 is 15.5 Å². The fourth-order valence-corrected chi connectivity index (χ4v) is 5.30. The van der Waals surface area contributed by atoms with Crippen molar-refractivity contribution in [3.05, 3.63) is 57.6 Å². The number of anilines is 2. The van der Waals surface area contributed by atoms with Gasteiger partial charge in [-0.3, -0.25) is 4.79 Å². The van der Waals surface area contributed by atoms with E-state index in [1.165, 1.54) is 0 Å². The molecule has 2 aromatic carbocycles. The number of halogens is 2. The van der Waals surface area contributed by atoms with E-state index < -0.39 is 0 Å². The zero-order valence-corrected chi connectivity index (χ0v) is 20.5. The van der Waals surface area contributed by atoms with Crippen LogP contribution in [0.4, 0.5) is 11.4 Å². The molecule has 2 aliphatic heterocycles. The van der Waals surface area contributed by atoms with E-state index in [9.17, 15) is 10.1 Å². The summed E-state index contributed by atoms with van der Waals surface area (Å²) < 4.78 is 0. The van der Waals surface area contributed by atoms with Crippen LogP contribution in [-0.2, 0) is 4.79 Å². The first kappa shape index (κ1) is 23.7. The average Bonchev–Trinajstić information content (AvgIpc) is 3.33. The minimum atomic E-state index is -0.107. The van der Waals surface area contributed by atoms with Crippen LogP contribution in [0, 0.1) is 11.3 Å². The van der Waals surface area contributed by atoms with E-state index in [1.807, 2.05) is 42.2 Å². The van der Waals surface area contributed by atoms with Gasteiger partial charge in [0.2, 0.25) is 5.91 Å².